The first-order valence-electron chi connectivity index (χ1n) is 6.73. The fourth-order valence-corrected chi connectivity index (χ4v) is 2.69. The van der Waals surface area contributed by atoms with E-state index in [-0.39, 0.29) is 5.82 Å². The number of halogens is 1. The molecule has 1 atom stereocenters. The summed E-state index contributed by atoms with van der Waals surface area (Å²) in [7, 11) is 0. The minimum atomic E-state index is -0.204. The van der Waals surface area contributed by atoms with Gasteiger partial charge in [-0.25, -0.2) is 4.39 Å². The first-order valence-corrected chi connectivity index (χ1v) is 6.73. The van der Waals surface area contributed by atoms with E-state index < -0.39 is 0 Å². The Morgan fingerprint density at radius 2 is 2.37 bits per heavy atom. The maximum atomic E-state index is 13.3. The Morgan fingerprint density at radius 3 is 3.11 bits per heavy atom. The number of nitrogens with zero attached hydrogens (tertiary/aromatic N) is 2. The zero-order valence-corrected chi connectivity index (χ0v) is 11.1. The molecule has 1 saturated heterocycles. The summed E-state index contributed by atoms with van der Waals surface area (Å²) in [5.41, 5.74) is 2.87. The van der Waals surface area contributed by atoms with Crippen molar-refractivity contribution in [3.05, 3.63) is 42.0 Å². The lowest BCUT2D eigenvalue weighted by molar-refractivity contribution is 0.448. The highest BCUT2D eigenvalue weighted by atomic mass is 19.1. The Kier molecular flexibility index (Phi) is 3.34. The maximum Gasteiger partial charge on any atom is 0.123 e. The summed E-state index contributed by atoms with van der Waals surface area (Å²) in [5, 5.41) is 7.91. The highest BCUT2D eigenvalue weighted by Gasteiger charge is 2.16. The lowest BCUT2D eigenvalue weighted by Gasteiger charge is -2.07. The summed E-state index contributed by atoms with van der Waals surface area (Å²) >= 11 is 0. The Morgan fingerprint density at radius 1 is 1.47 bits per heavy atom. The zero-order valence-electron chi connectivity index (χ0n) is 11.1. The quantitative estimate of drug-likeness (QED) is 0.918. The maximum absolute atomic E-state index is 13.3. The van der Waals surface area contributed by atoms with E-state index in [0.29, 0.717) is 5.92 Å². The minimum absolute atomic E-state index is 0.204. The van der Waals surface area contributed by atoms with Gasteiger partial charge >= 0.3 is 0 Å². The predicted octanol–water partition coefficient (Wildman–Crippen LogP) is 2.61. The molecule has 1 aromatic carbocycles. The van der Waals surface area contributed by atoms with Crippen molar-refractivity contribution >= 4 is 0 Å². The van der Waals surface area contributed by atoms with Gasteiger partial charge in [0.1, 0.15) is 5.82 Å². The van der Waals surface area contributed by atoms with E-state index in [2.05, 4.69) is 10.4 Å². The van der Waals surface area contributed by atoms with Gasteiger partial charge in [0.15, 0.2) is 0 Å². The molecule has 1 N–H and O–H groups in total. The van der Waals surface area contributed by atoms with Gasteiger partial charge in [-0.05, 0) is 50.0 Å². The summed E-state index contributed by atoms with van der Waals surface area (Å²) < 4.78 is 15.3. The van der Waals surface area contributed by atoms with Crippen LogP contribution in [0, 0.1) is 18.7 Å². The number of benzene rings is 1. The van der Waals surface area contributed by atoms with Gasteiger partial charge < -0.3 is 5.32 Å². The number of nitrogens with one attached hydrogen (secondary N) is 1. The van der Waals surface area contributed by atoms with Crippen LogP contribution in [0.5, 0.6) is 0 Å². The van der Waals surface area contributed by atoms with Crippen LogP contribution in [0.2, 0.25) is 0 Å². The van der Waals surface area contributed by atoms with Crippen molar-refractivity contribution < 1.29 is 4.39 Å². The summed E-state index contributed by atoms with van der Waals surface area (Å²) in [6, 6.07) is 6.69. The summed E-state index contributed by atoms with van der Waals surface area (Å²) in [6.07, 6.45) is 3.23. The van der Waals surface area contributed by atoms with E-state index >= 15 is 0 Å². The second-order valence-electron chi connectivity index (χ2n) is 5.22. The van der Waals surface area contributed by atoms with E-state index in [1.807, 2.05) is 23.9 Å². The molecule has 100 valence electrons. The number of hydrogen-bond donors (Lipinski definition) is 1. The Hall–Kier alpha value is -1.68. The van der Waals surface area contributed by atoms with Crippen LogP contribution in [0.25, 0.3) is 11.1 Å². The van der Waals surface area contributed by atoms with E-state index in [0.717, 1.165) is 36.5 Å². The molecular formula is C15H18FN3. The average molecular weight is 259 g/mol. The van der Waals surface area contributed by atoms with Crippen molar-refractivity contribution in [3.8, 4) is 11.1 Å². The van der Waals surface area contributed by atoms with Crippen molar-refractivity contribution in [2.75, 3.05) is 13.1 Å². The van der Waals surface area contributed by atoms with Gasteiger partial charge in [-0.3, -0.25) is 4.68 Å². The lowest BCUT2D eigenvalue weighted by atomic mass is 10.1. The van der Waals surface area contributed by atoms with E-state index in [9.17, 15) is 4.39 Å². The van der Waals surface area contributed by atoms with Crippen molar-refractivity contribution in [2.24, 2.45) is 5.92 Å². The first-order chi connectivity index (χ1) is 9.22. The van der Waals surface area contributed by atoms with Crippen molar-refractivity contribution in [2.45, 2.75) is 19.9 Å². The molecule has 0 saturated carbocycles. The predicted molar refractivity (Wildman–Crippen MR) is 73.3 cm³/mol. The molecule has 2 aromatic rings. The molecule has 3 rings (SSSR count). The van der Waals surface area contributed by atoms with Crippen molar-refractivity contribution in [3.63, 3.8) is 0 Å². The summed E-state index contributed by atoms with van der Waals surface area (Å²) in [4.78, 5) is 0. The molecule has 1 aliphatic rings. The SMILES string of the molecule is Cc1nn(CC2CCNC2)cc1-c1cccc(F)c1. The molecule has 4 heteroatoms. The number of rotatable bonds is 3. The third kappa shape index (κ3) is 2.68. The molecule has 0 amide bonds. The topological polar surface area (TPSA) is 29.9 Å². The summed E-state index contributed by atoms with van der Waals surface area (Å²) in [5.74, 6) is 0.448. The third-order valence-corrected chi connectivity index (χ3v) is 3.69. The number of aryl methyl sites for hydroxylation is 1. The average Bonchev–Trinajstić information content (AvgIpc) is 3.00. The standard InChI is InChI=1S/C15H18FN3/c1-11-15(13-3-2-4-14(16)7-13)10-19(18-11)9-12-5-6-17-8-12/h2-4,7,10,12,17H,5-6,8-9H2,1H3. The molecule has 3 nitrogen and oxygen atoms in total. The molecule has 1 fully saturated rings. The fraction of sp³-hybridized carbons (Fsp3) is 0.400. The van der Waals surface area contributed by atoms with Gasteiger partial charge in [-0.2, -0.15) is 5.10 Å². The van der Waals surface area contributed by atoms with E-state index in [1.54, 1.807) is 12.1 Å². The van der Waals surface area contributed by atoms with Gasteiger partial charge in [-0.1, -0.05) is 12.1 Å². The first kappa shape index (κ1) is 12.4. The summed E-state index contributed by atoms with van der Waals surface area (Å²) in [6.45, 7) is 5.07. The van der Waals surface area contributed by atoms with Gasteiger partial charge in [0.05, 0.1) is 5.69 Å². The van der Waals surface area contributed by atoms with Crippen LogP contribution in [0.15, 0.2) is 30.5 Å². The molecule has 0 radical (unpaired) electrons. The third-order valence-electron chi connectivity index (χ3n) is 3.69. The van der Waals surface area contributed by atoms with Crippen LogP contribution in [-0.2, 0) is 6.54 Å². The Bertz CT molecular complexity index is 571. The molecule has 0 spiro atoms. The smallest absolute Gasteiger partial charge is 0.123 e. The number of aromatic nitrogens is 2. The largest absolute Gasteiger partial charge is 0.316 e. The monoisotopic (exact) mass is 259 g/mol. The van der Waals surface area contributed by atoms with E-state index in [1.165, 1.54) is 12.5 Å². The van der Waals surface area contributed by atoms with Crippen molar-refractivity contribution in [1.29, 1.82) is 0 Å². The van der Waals surface area contributed by atoms with Gasteiger partial charge in [0.25, 0.3) is 0 Å². The lowest BCUT2D eigenvalue weighted by Crippen LogP contribution is -2.14. The molecule has 1 aliphatic heterocycles. The Labute approximate surface area is 112 Å². The second kappa shape index (κ2) is 5.13. The van der Waals surface area contributed by atoms with Gasteiger partial charge in [0, 0.05) is 18.3 Å². The van der Waals surface area contributed by atoms with Crippen LogP contribution in [0.1, 0.15) is 12.1 Å². The Balaban J connectivity index is 1.84. The normalized spacial score (nSPS) is 18.9. The van der Waals surface area contributed by atoms with E-state index in [4.69, 9.17) is 0 Å². The molecule has 2 heterocycles. The van der Waals surface area contributed by atoms with Crippen LogP contribution in [-0.4, -0.2) is 22.9 Å². The van der Waals surface area contributed by atoms with Crippen LogP contribution >= 0.6 is 0 Å². The van der Waals surface area contributed by atoms with Gasteiger partial charge in [0.2, 0.25) is 0 Å². The molecular weight excluding hydrogens is 241 g/mol. The molecule has 1 unspecified atom stereocenters. The number of hydrogen-bond acceptors (Lipinski definition) is 2. The van der Waals surface area contributed by atoms with Crippen LogP contribution in [0.3, 0.4) is 0 Å². The highest BCUT2D eigenvalue weighted by Crippen LogP contribution is 2.24. The highest BCUT2D eigenvalue weighted by molar-refractivity contribution is 5.64. The zero-order chi connectivity index (χ0) is 13.2. The molecule has 19 heavy (non-hydrogen) atoms. The molecule has 0 bridgehead atoms. The molecule has 1 aromatic heterocycles. The fourth-order valence-electron chi connectivity index (χ4n) is 2.69. The van der Waals surface area contributed by atoms with Gasteiger partial charge in [-0.15, -0.1) is 0 Å². The van der Waals surface area contributed by atoms with Crippen LogP contribution in [0.4, 0.5) is 4.39 Å². The van der Waals surface area contributed by atoms with Crippen molar-refractivity contribution in [1.82, 2.24) is 15.1 Å². The second-order valence-corrected chi connectivity index (χ2v) is 5.22. The van der Waals surface area contributed by atoms with Crippen LogP contribution < -0.4 is 5.32 Å². The minimum Gasteiger partial charge on any atom is -0.316 e. The molecule has 0 aliphatic carbocycles.